The van der Waals surface area contributed by atoms with Crippen molar-refractivity contribution in [2.75, 3.05) is 11.4 Å². The number of nitrogens with zero attached hydrogens (tertiary/aromatic N) is 2. The average molecular weight is 369 g/mol. The van der Waals surface area contributed by atoms with Crippen LogP contribution in [0.1, 0.15) is 24.5 Å². The van der Waals surface area contributed by atoms with Gasteiger partial charge >= 0.3 is 0 Å². The number of amides is 1. The average Bonchev–Trinajstić information content (AvgIpc) is 2.67. The Labute approximate surface area is 156 Å². The zero-order valence-electron chi connectivity index (χ0n) is 14.1. The second-order valence-corrected chi connectivity index (χ2v) is 8.83. The van der Waals surface area contributed by atoms with Crippen LogP contribution in [0.3, 0.4) is 0 Å². The van der Waals surface area contributed by atoms with Gasteiger partial charge < -0.3 is 4.90 Å². The molecule has 1 atom stereocenters. The van der Waals surface area contributed by atoms with Crippen LogP contribution in [0.25, 0.3) is 0 Å². The number of thioether (sulfide) groups is 2. The third-order valence-corrected chi connectivity index (χ3v) is 6.84. The molecular formula is C20H20N2OS2. The molecule has 0 aliphatic carbocycles. The number of rotatable bonds is 2. The normalized spacial score (nSPS) is 17.3. The molecule has 2 aromatic carbocycles. The lowest BCUT2D eigenvalue weighted by Crippen LogP contribution is -2.40. The van der Waals surface area contributed by atoms with Crippen molar-refractivity contribution in [3.05, 3.63) is 59.7 Å². The van der Waals surface area contributed by atoms with Crippen LogP contribution in [-0.4, -0.2) is 22.1 Å². The van der Waals surface area contributed by atoms with Crippen LogP contribution in [0.5, 0.6) is 0 Å². The van der Waals surface area contributed by atoms with E-state index in [0.29, 0.717) is 0 Å². The summed E-state index contributed by atoms with van der Waals surface area (Å²) in [6.45, 7) is 2.80. The minimum atomic E-state index is -0.136. The van der Waals surface area contributed by atoms with E-state index >= 15 is 0 Å². The van der Waals surface area contributed by atoms with Gasteiger partial charge in [0.2, 0.25) is 5.91 Å². The highest BCUT2D eigenvalue weighted by atomic mass is 32.2. The van der Waals surface area contributed by atoms with Crippen molar-refractivity contribution in [2.45, 2.75) is 30.8 Å². The van der Waals surface area contributed by atoms with Gasteiger partial charge in [-0.25, -0.2) is 4.99 Å². The van der Waals surface area contributed by atoms with Crippen molar-refractivity contribution in [1.29, 1.82) is 0 Å². The van der Waals surface area contributed by atoms with Crippen LogP contribution in [0, 0.1) is 0 Å². The zero-order valence-corrected chi connectivity index (χ0v) is 15.8. The van der Waals surface area contributed by atoms with Gasteiger partial charge in [0.05, 0.1) is 10.9 Å². The number of fused-ring (bicyclic) bond motifs is 2. The molecule has 1 amide bonds. The summed E-state index contributed by atoms with van der Waals surface area (Å²) < 4.78 is 0.991. The molecule has 3 nitrogen and oxygen atoms in total. The molecule has 0 aromatic heterocycles. The van der Waals surface area contributed by atoms with Gasteiger partial charge in [-0.05, 0) is 43.0 Å². The van der Waals surface area contributed by atoms with Gasteiger partial charge in [0.25, 0.3) is 0 Å². The summed E-state index contributed by atoms with van der Waals surface area (Å²) in [5.74, 6) is 1.11. The Bertz CT molecular complexity index is 834. The first kappa shape index (κ1) is 16.7. The molecule has 2 heterocycles. The van der Waals surface area contributed by atoms with E-state index in [2.05, 4.69) is 24.3 Å². The lowest BCUT2D eigenvalue weighted by atomic mass is 10.0. The SMILES string of the molecule is C[C@@H](SC1=Nc2ccccc2CS1)C(=O)N1CCCc2ccccc21. The lowest BCUT2D eigenvalue weighted by molar-refractivity contribution is -0.117. The van der Waals surface area contributed by atoms with E-state index in [4.69, 9.17) is 4.99 Å². The third-order valence-electron chi connectivity index (χ3n) is 4.56. The highest BCUT2D eigenvalue weighted by molar-refractivity contribution is 8.39. The van der Waals surface area contributed by atoms with Gasteiger partial charge in [-0.2, -0.15) is 0 Å². The number of carbonyl (C=O) groups is 1. The van der Waals surface area contributed by atoms with E-state index in [1.54, 1.807) is 23.5 Å². The standard InChI is InChI=1S/C20H20N2OS2/c1-14(25-20-21-17-10-4-2-8-16(17)13-24-20)19(23)22-12-6-9-15-7-3-5-11-18(15)22/h2-5,7-8,10-11,14H,6,9,12-13H2,1H3/t14-/m1/s1. The largest absolute Gasteiger partial charge is 0.311 e. The van der Waals surface area contributed by atoms with Gasteiger partial charge in [-0.15, -0.1) is 0 Å². The predicted octanol–water partition coefficient (Wildman–Crippen LogP) is 5.02. The maximum Gasteiger partial charge on any atom is 0.240 e. The molecule has 0 saturated heterocycles. The fourth-order valence-corrected chi connectivity index (χ4v) is 5.51. The molecule has 5 heteroatoms. The van der Waals surface area contributed by atoms with Gasteiger partial charge in [0.15, 0.2) is 0 Å². The number of para-hydroxylation sites is 2. The van der Waals surface area contributed by atoms with Crippen molar-refractivity contribution >= 4 is 45.2 Å². The molecule has 0 N–H and O–H groups in total. The van der Waals surface area contributed by atoms with Crippen LogP contribution in [0.2, 0.25) is 0 Å². The molecule has 25 heavy (non-hydrogen) atoms. The monoisotopic (exact) mass is 368 g/mol. The van der Waals surface area contributed by atoms with Crippen LogP contribution in [-0.2, 0) is 17.0 Å². The first-order chi connectivity index (χ1) is 12.2. The molecule has 0 unspecified atom stereocenters. The molecule has 0 fully saturated rings. The van der Waals surface area contributed by atoms with Gasteiger partial charge in [-0.1, -0.05) is 59.9 Å². The smallest absolute Gasteiger partial charge is 0.240 e. The first-order valence-corrected chi connectivity index (χ1v) is 10.4. The summed E-state index contributed by atoms with van der Waals surface area (Å²) in [6, 6.07) is 16.5. The van der Waals surface area contributed by atoms with Crippen LogP contribution in [0.15, 0.2) is 53.5 Å². The number of aryl methyl sites for hydroxylation is 1. The third kappa shape index (κ3) is 3.48. The van der Waals surface area contributed by atoms with E-state index in [9.17, 15) is 4.79 Å². The quantitative estimate of drug-likeness (QED) is 0.746. The van der Waals surface area contributed by atoms with Crippen molar-refractivity contribution in [2.24, 2.45) is 4.99 Å². The van der Waals surface area contributed by atoms with Gasteiger partial charge in [0, 0.05) is 18.0 Å². The summed E-state index contributed by atoms with van der Waals surface area (Å²) >= 11 is 3.31. The van der Waals surface area contributed by atoms with Crippen LogP contribution >= 0.6 is 23.5 Å². The number of benzene rings is 2. The molecule has 2 aliphatic heterocycles. The van der Waals surface area contributed by atoms with E-state index in [-0.39, 0.29) is 11.2 Å². The molecule has 4 rings (SSSR count). The second-order valence-electron chi connectivity index (χ2n) is 6.28. The zero-order chi connectivity index (χ0) is 17.2. The molecule has 128 valence electrons. The lowest BCUT2D eigenvalue weighted by Gasteiger charge is -2.31. The summed E-state index contributed by atoms with van der Waals surface area (Å²) in [7, 11) is 0. The number of carbonyl (C=O) groups excluding carboxylic acids is 1. The molecule has 2 aliphatic rings. The van der Waals surface area contributed by atoms with E-state index in [1.807, 2.05) is 36.1 Å². The Morgan fingerprint density at radius 2 is 1.92 bits per heavy atom. The van der Waals surface area contributed by atoms with E-state index in [0.717, 1.165) is 40.9 Å². The summed E-state index contributed by atoms with van der Waals surface area (Å²) in [6.07, 6.45) is 2.09. The minimum absolute atomic E-state index is 0.136. The number of hydrogen-bond donors (Lipinski definition) is 0. The fourth-order valence-electron chi connectivity index (χ4n) is 3.26. The summed E-state index contributed by atoms with van der Waals surface area (Å²) in [5, 5.41) is -0.136. The molecular weight excluding hydrogens is 348 g/mol. The number of aliphatic imine (C=N–C) groups is 1. The van der Waals surface area contributed by atoms with E-state index in [1.165, 1.54) is 11.1 Å². The molecule has 0 bridgehead atoms. The molecule has 0 spiro atoms. The summed E-state index contributed by atoms with van der Waals surface area (Å²) in [4.78, 5) is 19.7. The molecule has 0 radical (unpaired) electrons. The topological polar surface area (TPSA) is 32.7 Å². The van der Waals surface area contributed by atoms with Crippen molar-refractivity contribution in [3.63, 3.8) is 0 Å². The van der Waals surface area contributed by atoms with Crippen molar-refractivity contribution < 1.29 is 4.79 Å². The Morgan fingerprint density at radius 1 is 1.16 bits per heavy atom. The minimum Gasteiger partial charge on any atom is -0.311 e. The second kappa shape index (κ2) is 7.26. The maximum atomic E-state index is 13.0. The molecule has 2 aromatic rings. The van der Waals surface area contributed by atoms with Crippen molar-refractivity contribution in [1.82, 2.24) is 0 Å². The van der Waals surface area contributed by atoms with Crippen LogP contribution in [0.4, 0.5) is 11.4 Å². The Kier molecular flexibility index (Phi) is 4.86. The number of anilines is 1. The van der Waals surface area contributed by atoms with Gasteiger partial charge in [0.1, 0.15) is 4.38 Å². The molecule has 0 saturated carbocycles. The van der Waals surface area contributed by atoms with Crippen LogP contribution < -0.4 is 4.90 Å². The van der Waals surface area contributed by atoms with Crippen molar-refractivity contribution in [3.8, 4) is 0 Å². The maximum absolute atomic E-state index is 13.0. The highest BCUT2D eigenvalue weighted by Crippen LogP contribution is 2.37. The van der Waals surface area contributed by atoms with E-state index < -0.39 is 0 Å². The Morgan fingerprint density at radius 3 is 2.80 bits per heavy atom. The Hall–Kier alpha value is -1.72. The summed E-state index contributed by atoms with van der Waals surface area (Å²) in [5.41, 5.74) is 4.65. The first-order valence-electron chi connectivity index (χ1n) is 8.58. The predicted molar refractivity (Wildman–Crippen MR) is 109 cm³/mol. The number of hydrogen-bond acceptors (Lipinski definition) is 4. The fraction of sp³-hybridized carbons (Fsp3) is 0.300. The Balaban J connectivity index is 1.50. The van der Waals surface area contributed by atoms with Gasteiger partial charge in [-0.3, -0.25) is 4.79 Å². The highest BCUT2D eigenvalue weighted by Gasteiger charge is 2.28.